The number of aromatic amines is 1. The first-order valence-corrected chi connectivity index (χ1v) is 6.62. The molecule has 1 N–H and O–H groups in total. The van der Waals surface area contributed by atoms with Gasteiger partial charge < -0.3 is 9.32 Å². The van der Waals surface area contributed by atoms with Crippen molar-refractivity contribution >= 4 is 17.0 Å². The third-order valence-electron chi connectivity index (χ3n) is 3.57. The van der Waals surface area contributed by atoms with Gasteiger partial charge in [-0.3, -0.25) is 9.78 Å². The molecule has 2 heterocycles. The Morgan fingerprint density at radius 2 is 2.11 bits per heavy atom. The summed E-state index contributed by atoms with van der Waals surface area (Å²) in [5.41, 5.74) is 2.29. The van der Waals surface area contributed by atoms with Gasteiger partial charge in [0.05, 0.1) is 5.52 Å². The van der Waals surface area contributed by atoms with Crippen molar-refractivity contribution < 1.29 is 9.21 Å². The maximum atomic E-state index is 11.9. The highest BCUT2D eigenvalue weighted by Crippen LogP contribution is 2.15. The fourth-order valence-corrected chi connectivity index (χ4v) is 2.53. The summed E-state index contributed by atoms with van der Waals surface area (Å²) >= 11 is 0. The summed E-state index contributed by atoms with van der Waals surface area (Å²) in [6, 6.07) is 5.54. The van der Waals surface area contributed by atoms with Crippen molar-refractivity contribution in [1.82, 2.24) is 9.88 Å². The number of carbonyl (C=O) groups excluding carboxylic acids is 1. The zero-order chi connectivity index (χ0) is 13.2. The number of amides is 1. The van der Waals surface area contributed by atoms with Crippen molar-refractivity contribution in [2.24, 2.45) is 0 Å². The van der Waals surface area contributed by atoms with E-state index in [0.29, 0.717) is 23.9 Å². The number of hydrogen-bond acceptors (Lipinski definition) is 3. The average Bonchev–Trinajstić information content (AvgIpc) is 3.03. The predicted octanol–water partition coefficient (Wildman–Crippen LogP) is 1.68. The molecule has 1 saturated heterocycles. The Bertz CT molecular complexity index is 650. The van der Waals surface area contributed by atoms with Crippen molar-refractivity contribution in [1.29, 1.82) is 0 Å². The highest BCUT2D eigenvalue weighted by molar-refractivity contribution is 5.77. The molecule has 1 aromatic heterocycles. The lowest BCUT2D eigenvalue weighted by Crippen LogP contribution is -2.27. The molecule has 1 aliphatic rings. The van der Waals surface area contributed by atoms with Gasteiger partial charge in [0.25, 0.3) is 0 Å². The molecule has 0 radical (unpaired) electrons. The van der Waals surface area contributed by atoms with Crippen LogP contribution >= 0.6 is 0 Å². The summed E-state index contributed by atoms with van der Waals surface area (Å²) in [5, 5.41) is 0. The molecule has 5 heteroatoms. The molecule has 2 aromatic rings. The smallest absolute Gasteiger partial charge is 0.408 e. The molecule has 1 fully saturated rings. The van der Waals surface area contributed by atoms with Gasteiger partial charge in [-0.05, 0) is 37.0 Å². The van der Waals surface area contributed by atoms with Crippen LogP contribution in [0.15, 0.2) is 27.4 Å². The van der Waals surface area contributed by atoms with Crippen molar-refractivity contribution in [3.8, 4) is 0 Å². The molecule has 1 amide bonds. The van der Waals surface area contributed by atoms with Gasteiger partial charge in [0.2, 0.25) is 5.91 Å². The summed E-state index contributed by atoms with van der Waals surface area (Å²) in [7, 11) is 0. The molecule has 5 nitrogen and oxygen atoms in total. The van der Waals surface area contributed by atoms with Gasteiger partial charge in [0.15, 0.2) is 5.58 Å². The summed E-state index contributed by atoms with van der Waals surface area (Å²) in [6.07, 6.45) is 3.45. The standard InChI is InChI=1S/C14H16N2O3/c17-13(16-7-1-2-8-16)6-4-10-3-5-12-11(9-10)15-14(18)19-12/h3,5,9H,1-2,4,6-8H2,(H,15,18). The topological polar surface area (TPSA) is 66.3 Å². The number of oxazole rings is 1. The van der Waals surface area contributed by atoms with E-state index in [1.54, 1.807) is 6.07 Å². The third kappa shape index (κ3) is 2.54. The zero-order valence-corrected chi connectivity index (χ0v) is 10.6. The number of benzene rings is 1. The van der Waals surface area contributed by atoms with E-state index in [2.05, 4.69) is 4.98 Å². The van der Waals surface area contributed by atoms with E-state index in [1.165, 1.54) is 0 Å². The fraction of sp³-hybridized carbons (Fsp3) is 0.429. The SMILES string of the molecule is O=C(CCc1ccc2oc(=O)[nH]c2c1)N1CCCC1. The Morgan fingerprint density at radius 3 is 2.89 bits per heavy atom. The van der Waals surface area contributed by atoms with Crippen LogP contribution in [0.5, 0.6) is 0 Å². The van der Waals surface area contributed by atoms with E-state index < -0.39 is 5.76 Å². The Morgan fingerprint density at radius 1 is 1.32 bits per heavy atom. The van der Waals surface area contributed by atoms with Gasteiger partial charge >= 0.3 is 5.76 Å². The lowest BCUT2D eigenvalue weighted by molar-refractivity contribution is -0.130. The van der Waals surface area contributed by atoms with Crippen molar-refractivity contribution in [3.05, 3.63) is 34.3 Å². The van der Waals surface area contributed by atoms with Gasteiger partial charge in [-0.15, -0.1) is 0 Å². The number of aromatic nitrogens is 1. The second kappa shape index (κ2) is 4.91. The minimum absolute atomic E-state index is 0.221. The molecule has 0 unspecified atom stereocenters. The number of rotatable bonds is 3. The van der Waals surface area contributed by atoms with Gasteiger partial charge in [-0.25, -0.2) is 4.79 Å². The van der Waals surface area contributed by atoms with Crippen LogP contribution < -0.4 is 5.76 Å². The maximum absolute atomic E-state index is 11.9. The van der Waals surface area contributed by atoms with E-state index in [4.69, 9.17) is 4.42 Å². The molecule has 3 rings (SSSR count). The van der Waals surface area contributed by atoms with Gasteiger partial charge in [0, 0.05) is 19.5 Å². The summed E-state index contributed by atoms with van der Waals surface area (Å²) < 4.78 is 4.94. The van der Waals surface area contributed by atoms with Crippen molar-refractivity contribution in [2.75, 3.05) is 13.1 Å². The number of nitrogens with zero attached hydrogens (tertiary/aromatic N) is 1. The first-order valence-electron chi connectivity index (χ1n) is 6.62. The van der Waals surface area contributed by atoms with Crippen molar-refractivity contribution in [2.45, 2.75) is 25.7 Å². The maximum Gasteiger partial charge on any atom is 0.417 e. The van der Waals surface area contributed by atoms with Crippen LogP contribution in [-0.2, 0) is 11.2 Å². The van der Waals surface area contributed by atoms with Crippen LogP contribution in [0.4, 0.5) is 0 Å². The average molecular weight is 260 g/mol. The van der Waals surface area contributed by atoms with Crippen LogP contribution in [0.1, 0.15) is 24.8 Å². The fourth-order valence-electron chi connectivity index (χ4n) is 2.53. The number of nitrogens with one attached hydrogen (secondary N) is 1. The Labute approximate surface area is 110 Å². The molecular formula is C14H16N2O3. The normalized spacial score (nSPS) is 15.3. The summed E-state index contributed by atoms with van der Waals surface area (Å²) in [5.74, 6) is -0.224. The van der Waals surface area contributed by atoms with E-state index in [9.17, 15) is 9.59 Å². The Hall–Kier alpha value is -2.04. The van der Waals surface area contributed by atoms with Crippen LogP contribution in [-0.4, -0.2) is 28.9 Å². The lowest BCUT2D eigenvalue weighted by Gasteiger charge is -2.14. The van der Waals surface area contributed by atoms with E-state index in [-0.39, 0.29) is 5.91 Å². The van der Waals surface area contributed by atoms with Gasteiger partial charge in [0.1, 0.15) is 0 Å². The van der Waals surface area contributed by atoms with E-state index >= 15 is 0 Å². The largest absolute Gasteiger partial charge is 0.417 e. The molecule has 1 aliphatic heterocycles. The van der Waals surface area contributed by atoms with Crippen LogP contribution in [0.25, 0.3) is 11.1 Å². The first kappa shape index (κ1) is 12.0. The minimum Gasteiger partial charge on any atom is -0.408 e. The van der Waals surface area contributed by atoms with Crippen LogP contribution in [0.2, 0.25) is 0 Å². The van der Waals surface area contributed by atoms with Crippen molar-refractivity contribution in [3.63, 3.8) is 0 Å². The second-order valence-corrected chi connectivity index (χ2v) is 4.93. The van der Waals surface area contributed by atoms with E-state index in [0.717, 1.165) is 31.5 Å². The Balaban J connectivity index is 1.67. The number of carbonyl (C=O) groups is 1. The monoisotopic (exact) mass is 260 g/mol. The molecule has 0 saturated carbocycles. The molecule has 100 valence electrons. The quantitative estimate of drug-likeness (QED) is 0.913. The number of fused-ring (bicyclic) bond motifs is 1. The molecule has 19 heavy (non-hydrogen) atoms. The molecule has 1 aromatic carbocycles. The number of hydrogen-bond donors (Lipinski definition) is 1. The summed E-state index contributed by atoms with van der Waals surface area (Å²) in [6.45, 7) is 1.79. The summed E-state index contributed by atoms with van der Waals surface area (Å²) in [4.78, 5) is 27.5. The highest BCUT2D eigenvalue weighted by atomic mass is 16.4. The first-order chi connectivity index (χ1) is 9.22. The molecule has 0 aliphatic carbocycles. The second-order valence-electron chi connectivity index (χ2n) is 4.93. The van der Waals surface area contributed by atoms with Crippen LogP contribution in [0.3, 0.4) is 0 Å². The molecule has 0 atom stereocenters. The Kier molecular flexibility index (Phi) is 3.11. The zero-order valence-electron chi connectivity index (χ0n) is 10.6. The van der Waals surface area contributed by atoms with E-state index in [1.807, 2.05) is 17.0 Å². The van der Waals surface area contributed by atoms with Gasteiger partial charge in [-0.1, -0.05) is 6.07 Å². The number of likely N-dealkylation sites (tertiary alicyclic amines) is 1. The predicted molar refractivity (Wildman–Crippen MR) is 71.0 cm³/mol. The minimum atomic E-state index is -0.444. The molecule has 0 bridgehead atoms. The molecular weight excluding hydrogens is 244 g/mol. The van der Waals surface area contributed by atoms with Gasteiger partial charge in [-0.2, -0.15) is 0 Å². The third-order valence-corrected chi connectivity index (χ3v) is 3.57. The number of aryl methyl sites for hydroxylation is 1. The van der Waals surface area contributed by atoms with Crippen LogP contribution in [0, 0.1) is 0 Å². The highest BCUT2D eigenvalue weighted by Gasteiger charge is 2.17. The lowest BCUT2D eigenvalue weighted by atomic mass is 10.1. The molecule has 0 spiro atoms. The number of H-pyrrole nitrogens is 1.